The summed E-state index contributed by atoms with van der Waals surface area (Å²) in [6.45, 7) is 1.27. The van der Waals surface area contributed by atoms with Crippen LogP contribution in [0.4, 0.5) is 15.8 Å². The van der Waals surface area contributed by atoms with Gasteiger partial charge in [-0.1, -0.05) is 42.5 Å². The first-order valence-corrected chi connectivity index (χ1v) is 14.3. The third kappa shape index (κ3) is 4.00. The number of nitrogens with one attached hydrogen (secondary N) is 1. The summed E-state index contributed by atoms with van der Waals surface area (Å²) in [5, 5.41) is 4.83. The van der Waals surface area contributed by atoms with Crippen LogP contribution >= 0.6 is 0 Å². The van der Waals surface area contributed by atoms with Crippen molar-refractivity contribution >= 4 is 43.7 Å². The van der Waals surface area contributed by atoms with Gasteiger partial charge in [0.1, 0.15) is 5.82 Å². The van der Waals surface area contributed by atoms with Gasteiger partial charge in [0.25, 0.3) is 15.9 Å². The number of carbonyl (C=O) groups is 1. The van der Waals surface area contributed by atoms with Gasteiger partial charge in [-0.2, -0.15) is 0 Å². The van der Waals surface area contributed by atoms with Crippen LogP contribution < -0.4 is 19.1 Å². The van der Waals surface area contributed by atoms with E-state index in [1.54, 1.807) is 19.1 Å². The number of hydrogen-bond acceptors (Lipinski definition) is 5. The third-order valence-electron chi connectivity index (χ3n) is 7.67. The number of allylic oxidation sites excluding steroid dienone is 1. The summed E-state index contributed by atoms with van der Waals surface area (Å²) >= 11 is 0. The molecule has 4 aromatic rings. The predicted molar refractivity (Wildman–Crippen MR) is 154 cm³/mol. The summed E-state index contributed by atoms with van der Waals surface area (Å²) in [5.41, 5.74) is 4.09. The van der Waals surface area contributed by atoms with Gasteiger partial charge in [0.2, 0.25) is 0 Å². The van der Waals surface area contributed by atoms with Crippen LogP contribution in [0.2, 0.25) is 0 Å². The Morgan fingerprint density at radius 1 is 0.950 bits per heavy atom. The topological polar surface area (TPSA) is 84.9 Å². The lowest BCUT2D eigenvalue weighted by Crippen LogP contribution is -2.39. The number of aryl methyl sites for hydroxylation is 2. The highest BCUT2D eigenvalue weighted by Crippen LogP contribution is 2.46. The molecule has 40 heavy (non-hydrogen) atoms. The van der Waals surface area contributed by atoms with Crippen molar-refractivity contribution < 1.29 is 27.1 Å². The number of carbonyl (C=O) groups excluding carboxylic acids is 1. The summed E-state index contributed by atoms with van der Waals surface area (Å²) in [6.07, 6.45) is 1.85. The number of anilines is 2. The second-order valence-corrected chi connectivity index (χ2v) is 11.6. The molecular weight excluding hydrogens is 531 g/mol. The van der Waals surface area contributed by atoms with Gasteiger partial charge in [0, 0.05) is 28.3 Å². The summed E-state index contributed by atoms with van der Waals surface area (Å²) in [5.74, 6) is -0.637. The number of rotatable bonds is 6. The van der Waals surface area contributed by atoms with E-state index in [1.165, 1.54) is 49.6 Å². The molecule has 1 heterocycles. The number of halogens is 1. The Balaban J connectivity index is 1.50. The van der Waals surface area contributed by atoms with Gasteiger partial charge in [-0.05, 0) is 60.1 Å². The van der Waals surface area contributed by atoms with Crippen molar-refractivity contribution in [3.63, 3.8) is 0 Å². The largest absolute Gasteiger partial charge is 0.493 e. The minimum Gasteiger partial charge on any atom is -0.493 e. The number of fused-ring (bicyclic) bond motifs is 1. The fourth-order valence-corrected chi connectivity index (χ4v) is 7.43. The number of benzene rings is 4. The molecular formula is C31H27FN2O5S. The molecule has 0 unspecified atom stereocenters. The summed E-state index contributed by atoms with van der Waals surface area (Å²) < 4.78 is 55.0. The van der Waals surface area contributed by atoms with Crippen LogP contribution in [-0.4, -0.2) is 28.5 Å². The van der Waals surface area contributed by atoms with E-state index in [1.807, 2.05) is 24.3 Å². The second-order valence-electron chi connectivity index (χ2n) is 9.85. The zero-order chi connectivity index (χ0) is 28.2. The minimum atomic E-state index is -4.43. The number of sulfonamides is 1. The minimum absolute atomic E-state index is 0.165. The van der Waals surface area contributed by atoms with E-state index in [0.29, 0.717) is 22.7 Å². The molecule has 0 saturated heterocycles. The third-order valence-corrected chi connectivity index (χ3v) is 9.58. The van der Waals surface area contributed by atoms with Crippen LogP contribution in [0.3, 0.4) is 0 Å². The molecule has 7 nitrogen and oxygen atoms in total. The molecule has 9 heteroatoms. The van der Waals surface area contributed by atoms with E-state index in [2.05, 4.69) is 11.4 Å². The van der Waals surface area contributed by atoms with Crippen LogP contribution in [0.1, 0.15) is 29.2 Å². The van der Waals surface area contributed by atoms with Crippen molar-refractivity contribution in [1.29, 1.82) is 0 Å². The number of hydrogen-bond donors (Lipinski definition) is 1. The Morgan fingerprint density at radius 2 is 1.65 bits per heavy atom. The monoisotopic (exact) mass is 558 g/mol. The van der Waals surface area contributed by atoms with Gasteiger partial charge in [-0.25, -0.2) is 12.8 Å². The van der Waals surface area contributed by atoms with Crippen LogP contribution in [0, 0.1) is 5.82 Å². The lowest BCUT2D eigenvalue weighted by molar-refractivity contribution is -0.112. The zero-order valence-electron chi connectivity index (χ0n) is 22.2. The molecule has 0 aromatic heterocycles. The molecule has 0 bridgehead atoms. The molecule has 1 aliphatic carbocycles. The molecule has 0 spiro atoms. The number of nitrogens with zero attached hydrogens (tertiary/aromatic N) is 1. The summed E-state index contributed by atoms with van der Waals surface area (Å²) in [7, 11) is -1.50. The molecule has 1 amide bonds. The Morgan fingerprint density at radius 3 is 2.38 bits per heavy atom. The molecule has 1 N–H and O–H groups in total. The van der Waals surface area contributed by atoms with E-state index >= 15 is 0 Å². The highest BCUT2D eigenvalue weighted by Gasteiger charge is 2.41. The molecule has 0 atom stereocenters. The molecule has 0 radical (unpaired) electrons. The first kappa shape index (κ1) is 25.9. The molecule has 0 saturated carbocycles. The SMILES string of the molecule is COc1cc2c(cc1OC)N(Cc1ccccc1F)S(=O)(=O)C(C(=O)Nc1ccc3c4c(cccc14)CC3)=C2C. The van der Waals surface area contributed by atoms with Crippen molar-refractivity contribution in [3.05, 3.63) is 99.7 Å². The van der Waals surface area contributed by atoms with Gasteiger partial charge < -0.3 is 14.8 Å². The van der Waals surface area contributed by atoms with Crippen LogP contribution in [0.5, 0.6) is 11.5 Å². The standard InChI is InChI=1S/C31H27FN2O5S/c1-18-23-15-27(38-2)28(39-3)16-26(23)34(17-21-7-4-5-10-24(21)32)40(36,37)30(18)31(35)33-25-14-13-20-12-11-19-8-6-9-22(25)29(19)20/h4-10,13-16H,11-12,17H2,1-3H3,(H,33,35). The Bertz CT molecular complexity index is 1840. The first-order chi connectivity index (χ1) is 19.2. The molecule has 2 aliphatic rings. The molecule has 6 rings (SSSR count). The highest BCUT2D eigenvalue weighted by molar-refractivity contribution is 7.97. The molecule has 204 valence electrons. The van der Waals surface area contributed by atoms with E-state index in [0.717, 1.165) is 27.9 Å². The van der Waals surface area contributed by atoms with Crippen LogP contribution in [0.15, 0.2) is 71.6 Å². The van der Waals surface area contributed by atoms with Gasteiger partial charge in [-0.15, -0.1) is 0 Å². The Hall–Kier alpha value is -4.37. The summed E-state index contributed by atoms with van der Waals surface area (Å²) in [4.78, 5) is 13.5. The van der Waals surface area contributed by atoms with E-state index < -0.39 is 26.7 Å². The Kier molecular flexibility index (Phi) is 6.26. The van der Waals surface area contributed by atoms with Gasteiger partial charge in [0.15, 0.2) is 16.4 Å². The highest BCUT2D eigenvalue weighted by atomic mass is 32.2. The zero-order valence-corrected chi connectivity index (χ0v) is 23.1. The van der Waals surface area contributed by atoms with Gasteiger partial charge >= 0.3 is 0 Å². The molecule has 0 fully saturated rings. The fourth-order valence-electron chi connectivity index (χ4n) is 5.70. The van der Waals surface area contributed by atoms with E-state index in [-0.39, 0.29) is 23.4 Å². The van der Waals surface area contributed by atoms with E-state index in [9.17, 15) is 17.6 Å². The van der Waals surface area contributed by atoms with Crippen LogP contribution in [0.25, 0.3) is 16.3 Å². The van der Waals surface area contributed by atoms with Crippen molar-refractivity contribution in [2.45, 2.75) is 26.3 Å². The van der Waals surface area contributed by atoms with Crippen LogP contribution in [-0.2, 0) is 34.2 Å². The van der Waals surface area contributed by atoms with Gasteiger partial charge in [-0.3, -0.25) is 9.10 Å². The maximum atomic E-state index is 14.7. The van der Waals surface area contributed by atoms with Gasteiger partial charge in [0.05, 0.1) is 26.5 Å². The average molecular weight is 559 g/mol. The molecule has 1 aliphatic heterocycles. The first-order valence-electron chi connectivity index (χ1n) is 12.8. The number of amides is 1. The number of ether oxygens (including phenoxy) is 2. The van der Waals surface area contributed by atoms with Crippen molar-refractivity contribution in [2.75, 3.05) is 23.8 Å². The van der Waals surface area contributed by atoms with Crippen molar-refractivity contribution in [2.24, 2.45) is 0 Å². The average Bonchev–Trinajstić information content (AvgIpc) is 3.37. The van der Waals surface area contributed by atoms with Crippen molar-refractivity contribution in [1.82, 2.24) is 0 Å². The normalized spacial score (nSPS) is 15.2. The fraction of sp³-hybridized carbons (Fsp3) is 0.194. The maximum Gasteiger partial charge on any atom is 0.270 e. The summed E-state index contributed by atoms with van der Waals surface area (Å²) in [6, 6.07) is 18.9. The Labute approximate surface area is 231 Å². The lowest BCUT2D eigenvalue weighted by atomic mass is 10.0. The van der Waals surface area contributed by atoms with E-state index in [4.69, 9.17) is 9.47 Å². The predicted octanol–water partition coefficient (Wildman–Crippen LogP) is 5.81. The number of methoxy groups -OCH3 is 2. The quantitative estimate of drug-likeness (QED) is 0.323. The maximum absolute atomic E-state index is 14.7. The lowest BCUT2D eigenvalue weighted by Gasteiger charge is -2.33. The van der Waals surface area contributed by atoms with Crippen molar-refractivity contribution in [3.8, 4) is 11.5 Å². The molecule has 4 aromatic carbocycles. The smallest absolute Gasteiger partial charge is 0.270 e. The second kappa shape index (κ2) is 9.67.